The predicted molar refractivity (Wildman–Crippen MR) is 134 cm³/mol. The summed E-state index contributed by atoms with van der Waals surface area (Å²) >= 11 is 0. The summed E-state index contributed by atoms with van der Waals surface area (Å²) in [6, 6.07) is 5.92. The van der Waals surface area contributed by atoms with Gasteiger partial charge in [0.25, 0.3) is 0 Å². The molecule has 1 spiro atoms. The number of amides is 1. The highest BCUT2D eigenvalue weighted by Crippen LogP contribution is 2.70. The van der Waals surface area contributed by atoms with Gasteiger partial charge >= 0.3 is 0 Å². The summed E-state index contributed by atoms with van der Waals surface area (Å²) in [5.41, 5.74) is 7.58. The number of nitrogens with one attached hydrogen (secondary N) is 1. The lowest BCUT2D eigenvalue weighted by atomic mass is 9.57. The Balaban J connectivity index is 1.72. The molecule has 1 saturated carbocycles. The number of benzene rings is 1. The van der Waals surface area contributed by atoms with Crippen LogP contribution in [-0.2, 0) is 10.2 Å². The van der Waals surface area contributed by atoms with Gasteiger partial charge in [0.2, 0.25) is 5.91 Å². The number of carbonyl (C=O) groups is 2. The number of azide groups is 1. The molecule has 0 radical (unpaired) electrons. The van der Waals surface area contributed by atoms with Crippen LogP contribution in [0.4, 0.5) is 5.69 Å². The number of hydrogen-bond acceptors (Lipinski definition) is 5. The van der Waals surface area contributed by atoms with Crippen LogP contribution in [0.1, 0.15) is 82.6 Å². The molecular weight excluding hydrogens is 442 g/mol. The van der Waals surface area contributed by atoms with E-state index in [0.29, 0.717) is 35.8 Å². The number of anilines is 1. The van der Waals surface area contributed by atoms with Crippen molar-refractivity contribution in [1.29, 1.82) is 0 Å². The first-order valence-electron chi connectivity index (χ1n) is 12.6. The predicted octanol–water partition coefficient (Wildman–Crippen LogP) is 4.88. The fourth-order valence-corrected chi connectivity index (χ4v) is 7.82. The first-order valence-corrected chi connectivity index (χ1v) is 12.6. The zero-order valence-corrected chi connectivity index (χ0v) is 21.3. The van der Waals surface area contributed by atoms with Crippen molar-refractivity contribution in [3.05, 3.63) is 51.4 Å². The number of allylic oxidation sites excluding steroid dienone is 2. The Bertz CT molecular complexity index is 1200. The van der Waals surface area contributed by atoms with Gasteiger partial charge in [-0.2, -0.15) is 0 Å². The Morgan fingerprint density at radius 1 is 1.31 bits per heavy atom. The number of para-hydroxylation sites is 1. The van der Waals surface area contributed by atoms with Gasteiger partial charge in [-0.05, 0) is 69.7 Å². The molecule has 1 amide bonds. The van der Waals surface area contributed by atoms with Gasteiger partial charge in [-0.25, -0.2) is 0 Å². The summed E-state index contributed by atoms with van der Waals surface area (Å²) < 4.78 is 0. The second kappa shape index (κ2) is 7.66. The largest absolute Gasteiger partial charge is 0.388 e. The summed E-state index contributed by atoms with van der Waals surface area (Å²) in [6.07, 6.45) is 5.35. The number of fused-ring (bicyclic) bond motifs is 4. The van der Waals surface area contributed by atoms with E-state index in [-0.39, 0.29) is 24.2 Å². The van der Waals surface area contributed by atoms with Crippen molar-refractivity contribution in [3.8, 4) is 0 Å². The van der Waals surface area contributed by atoms with E-state index in [1.165, 1.54) is 0 Å². The SMILES string of the molecule is CC(C)=CC(=O)c1cccc2c1NC(=O)[C@]21C[C@@]2(N=[N+]=[N-])CN3[C@H](CCC[C@@H]3C)C[C@]2(O)C1(C)C. The first-order chi connectivity index (χ1) is 16.4. The van der Waals surface area contributed by atoms with Crippen LogP contribution in [0.25, 0.3) is 10.4 Å². The Morgan fingerprint density at radius 3 is 2.74 bits per heavy atom. The molecule has 2 saturated heterocycles. The number of nitrogens with zero attached hydrogens (tertiary/aromatic N) is 4. The van der Waals surface area contributed by atoms with Crippen molar-refractivity contribution in [1.82, 2.24) is 4.90 Å². The molecular formula is C27H35N5O3. The maximum Gasteiger partial charge on any atom is 0.235 e. The molecule has 3 heterocycles. The van der Waals surface area contributed by atoms with Crippen molar-refractivity contribution >= 4 is 17.4 Å². The lowest BCUT2D eigenvalue weighted by Crippen LogP contribution is -2.70. The van der Waals surface area contributed by atoms with Crippen LogP contribution >= 0.6 is 0 Å². The van der Waals surface area contributed by atoms with Crippen LogP contribution in [-0.4, -0.2) is 51.5 Å². The molecule has 3 aliphatic heterocycles. The fraction of sp³-hybridized carbons (Fsp3) is 0.630. The Kier molecular flexibility index (Phi) is 5.26. The molecule has 1 aromatic carbocycles. The molecule has 1 aliphatic carbocycles. The molecule has 8 nitrogen and oxygen atoms in total. The van der Waals surface area contributed by atoms with Gasteiger partial charge in [0.05, 0.1) is 22.2 Å². The van der Waals surface area contributed by atoms with E-state index >= 15 is 0 Å². The molecule has 1 aromatic rings. The maximum atomic E-state index is 14.0. The van der Waals surface area contributed by atoms with Crippen molar-refractivity contribution in [3.63, 3.8) is 0 Å². The molecule has 0 unspecified atom stereocenters. The van der Waals surface area contributed by atoms with Gasteiger partial charge in [0.15, 0.2) is 5.78 Å². The molecule has 0 aromatic heterocycles. The van der Waals surface area contributed by atoms with Gasteiger partial charge < -0.3 is 10.4 Å². The number of hydrogen-bond donors (Lipinski definition) is 2. The second-order valence-corrected chi connectivity index (χ2v) is 11.9. The van der Waals surface area contributed by atoms with Gasteiger partial charge in [0, 0.05) is 34.5 Å². The van der Waals surface area contributed by atoms with E-state index in [9.17, 15) is 20.2 Å². The number of aliphatic hydroxyl groups is 1. The number of piperidine rings is 2. The quantitative estimate of drug-likeness (QED) is 0.212. The standard InChI is InChI=1S/C27H35N5O3/c1-16(2)12-21(33)19-10-7-11-20-22(19)29-23(34)26(20)14-25(30-31-28)15-32-17(3)8-6-9-18(32)13-27(25,35)24(26,4)5/h7,10-12,17-18,35H,6,8-9,13-15H2,1-5H3,(H,29,34)/t17-,18+,25+,26-,27-/m0/s1. The van der Waals surface area contributed by atoms with Crippen LogP contribution in [0, 0.1) is 5.41 Å². The first kappa shape index (κ1) is 24.0. The van der Waals surface area contributed by atoms with Crippen LogP contribution in [0.5, 0.6) is 0 Å². The van der Waals surface area contributed by atoms with Crippen LogP contribution in [0.15, 0.2) is 35.0 Å². The Hall–Kier alpha value is -2.67. The average Bonchev–Trinajstić information content (AvgIpc) is 3.14. The summed E-state index contributed by atoms with van der Waals surface area (Å²) in [5, 5.41) is 19.9. The van der Waals surface area contributed by atoms with Crippen molar-refractivity contribution in [2.75, 3.05) is 11.9 Å². The highest BCUT2D eigenvalue weighted by Gasteiger charge is 2.79. The Labute approximate surface area is 206 Å². The third-order valence-corrected chi connectivity index (χ3v) is 9.67. The zero-order chi connectivity index (χ0) is 25.4. The van der Waals surface area contributed by atoms with Crippen molar-refractivity contribution in [2.24, 2.45) is 10.5 Å². The van der Waals surface area contributed by atoms with E-state index < -0.39 is 22.0 Å². The number of rotatable bonds is 3. The summed E-state index contributed by atoms with van der Waals surface area (Å²) in [6.45, 7) is 10.2. The van der Waals surface area contributed by atoms with Gasteiger partial charge in [0.1, 0.15) is 0 Å². The normalized spacial score (nSPS) is 37.0. The number of carbonyl (C=O) groups excluding carboxylic acids is 2. The van der Waals surface area contributed by atoms with E-state index in [1.807, 2.05) is 33.8 Å². The van der Waals surface area contributed by atoms with E-state index in [4.69, 9.17) is 0 Å². The van der Waals surface area contributed by atoms with Crippen LogP contribution < -0.4 is 5.32 Å². The van der Waals surface area contributed by atoms with Crippen molar-refractivity contribution in [2.45, 2.75) is 95.4 Å². The molecule has 3 fully saturated rings. The average molecular weight is 478 g/mol. The van der Waals surface area contributed by atoms with Gasteiger partial charge in [-0.1, -0.05) is 43.1 Å². The fourth-order valence-electron chi connectivity index (χ4n) is 7.82. The second-order valence-electron chi connectivity index (χ2n) is 11.9. The molecule has 186 valence electrons. The molecule has 5 atom stereocenters. The molecule has 35 heavy (non-hydrogen) atoms. The topological polar surface area (TPSA) is 118 Å². The minimum Gasteiger partial charge on any atom is -0.388 e. The summed E-state index contributed by atoms with van der Waals surface area (Å²) in [7, 11) is 0. The maximum absolute atomic E-state index is 14.0. The van der Waals surface area contributed by atoms with Crippen LogP contribution in [0.3, 0.4) is 0 Å². The molecule has 5 rings (SSSR count). The third kappa shape index (κ3) is 2.90. The highest BCUT2D eigenvalue weighted by molar-refractivity contribution is 6.16. The summed E-state index contributed by atoms with van der Waals surface area (Å²) in [5.74, 6) is -0.404. The zero-order valence-electron chi connectivity index (χ0n) is 21.3. The van der Waals surface area contributed by atoms with E-state index in [1.54, 1.807) is 18.2 Å². The lowest BCUT2D eigenvalue weighted by molar-refractivity contribution is -0.163. The Morgan fingerprint density at radius 2 is 2.06 bits per heavy atom. The molecule has 0 bridgehead atoms. The monoisotopic (exact) mass is 477 g/mol. The minimum absolute atomic E-state index is 0.165. The molecule has 2 N–H and O–H groups in total. The highest BCUT2D eigenvalue weighted by atomic mass is 16.3. The molecule has 8 heteroatoms. The molecule has 4 aliphatic rings. The van der Waals surface area contributed by atoms with Crippen molar-refractivity contribution < 1.29 is 14.7 Å². The lowest BCUT2D eigenvalue weighted by Gasteiger charge is -2.58. The third-order valence-electron chi connectivity index (χ3n) is 9.67. The minimum atomic E-state index is -1.39. The van der Waals surface area contributed by atoms with E-state index in [0.717, 1.165) is 24.8 Å². The number of ketones is 1. The van der Waals surface area contributed by atoms with Gasteiger partial charge in [-0.3, -0.25) is 14.5 Å². The smallest absolute Gasteiger partial charge is 0.235 e. The van der Waals surface area contributed by atoms with Crippen LogP contribution in [0.2, 0.25) is 0 Å². The summed E-state index contributed by atoms with van der Waals surface area (Å²) in [4.78, 5) is 32.6. The van der Waals surface area contributed by atoms with Gasteiger partial charge in [-0.15, -0.1) is 0 Å². The van der Waals surface area contributed by atoms with E-state index in [2.05, 4.69) is 27.2 Å².